The molecule has 0 spiro atoms. The Kier molecular flexibility index (Phi) is 4.23. The third-order valence-electron chi connectivity index (χ3n) is 9.83. The van der Waals surface area contributed by atoms with Gasteiger partial charge in [0.15, 0.2) is 0 Å². The van der Waals surface area contributed by atoms with Crippen LogP contribution in [0, 0.1) is 52.8 Å². The van der Waals surface area contributed by atoms with Crippen molar-refractivity contribution < 1.29 is 9.90 Å². The third-order valence-corrected chi connectivity index (χ3v) is 10.4. The van der Waals surface area contributed by atoms with Crippen molar-refractivity contribution in [2.24, 2.45) is 52.8 Å². The lowest BCUT2D eigenvalue weighted by Gasteiger charge is -2.60. The van der Waals surface area contributed by atoms with E-state index < -0.39 is 5.60 Å². The number of alkyl halides is 1. The lowest BCUT2D eigenvalue weighted by Crippen LogP contribution is -2.55. The summed E-state index contributed by atoms with van der Waals surface area (Å²) in [4.78, 5) is 12.8. The van der Waals surface area contributed by atoms with Crippen molar-refractivity contribution >= 4 is 21.7 Å². The molecule has 0 bridgehead atoms. The second-order valence-corrected chi connectivity index (χ2v) is 11.7. The maximum absolute atomic E-state index is 12.8. The molecule has 3 heteroatoms. The number of hydrogen-bond acceptors (Lipinski definition) is 2. The van der Waals surface area contributed by atoms with E-state index in [1.54, 1.807) is 0 Å². The third kappa shape index (κ3) is 2.62. The van der Waals surface area contributed by atoms with Gasteiger partial charge in [-0.05, 0) is 112 Å². The number of fused-ring (bicyclic) bond motifs is 7. The molecule has 0 aromatic rings. The fourth-order valence-electron chi connectivity index (χ4n) is 8.72. The van der Waals surface area contributed by atoms with E-state index in [1.165, 1.54) is 44.9 Å². The quantitative estimate of drug-likeness (QED) is 0.619. The predicted octanol–water partition coefficient (Wildman–Crippen LogP) is 5.22. The summed E-state index contributed by atoms with van der Waals surface area (Å²) in [5.74, 6) is 6.70. The molecule has 5 aliphatic carbocycles. The summed E-state index contributed by atoms with van der Waals surface area (Å²) in [6.07, 6.45) is 11.1. The average molecular weight is 423 g/mol. The number of Topliss-reactive ketones (excluding diaryl/α,β-unsaturated/α-hetero) is 1. The first-order valence-corrected chi connectivity index (χ1v) is 12.3. The molecule has 0 amide bonds. The second kappa shape index (κ2) is 6.05. The van der Waals surface area contributed by atoms with E-state index in [0.29, 0.717) is 17.0 Å². The zero-order valence-corrected chi connectivity index (χ0v) is 18.0. The molecule has 0 aromatic carbocycles. The van der Waals surface area contributed by atoms with Crippen molar-refractivity contribution in [3.8, 4) is 0 Å². The van der Waals surface area contributed by atoms with E-state index in [-0.39, 0.29) is 5.41 Å². The highest BCUT2D eigenvalue weighted by Crippen LogP contribution is 2.71. The molecule has 0 unspecified atom stereocenters. The number of ketones is 1. The molecule has 0 radical (unpaired) electrons. The van der Waals surface area contributed by atoms with E-state index in [0.717, 1.165) is 54.3 Å². The van der Waals surface area contributed by atoms with E-state index >= 15 is 0 Å². The van der Waals surface area contributed by atoms with Crippen molar-refractivity contribution in [1.82, 2.24) is 0 Å². The molecule has 0 heterocycles. The molecule has 0 aliphatic heterocycles. The van der Waals surface area contributed by atoms with Crippen LogP contribution in [0.4, 0.5) is 0 Å². The highest BCUT2D eigenvalue weighted by molar-refractivity contribution is 9.09. The van der Waals surface area contributed by atoms with Gasteiger partial charge in [-0.1, -0.05) is 22.9 Å². The van der Waals surface area contributed by atoms with Crippen LogP contribution >= 0.6 is 15.9 Å². The minimum atomic E-state index is -0.420. The monoisotopic (exact) mass is 422 g/mol. The van der Waals surface area contributed by atoms with Crippen molar-refractivity contribution in [1.29, 1.82) is 0 Å². The van der Waals surface area contributed by atoms with Crippen LogP contribution in [-0.2, 0) is 4.79 Å². The second-order valence-electron chi connectivity index (χ2n) is 11.2. The molecule has 5 rings (SSSR count). The molecule has 5 aliphatic rings. The molecule has 5 fully saturated rings. The summed E-state index contributed by atoms with van der Waals surface area (Å²) < 4.78 is 0. The molecule has 0 saturated heterocycles. The lowest BCUT2D eigenvalue weighted by atomic mass is 9.44. The van der Waals surface area contributed by atoms with Crippen LogP contribution in [0.2, 0.25) is 0 Å². The predicted molar refractivity (Wildman–Crippen MR) is 107 cm³/mol. The van der Waals surface area contributed by atoms with Gasteiger partial charge in [0.25, 0.3) is 0 Å². The highest BCUT2D eigenvalue weighted by Gasteiger charge is 2.65. The van der Waals surface area contributed by atoms with Gasteiger partial charge in [0, 0.05) is 5.92 Å². The summed E-state index contributed by atoms with van der Waals surface area (Å²) in [6, 6.07) is 0. The summed E-state index contributed by atoms with van der Waals surface area (Å²) >= 11 is 3.48. The molecule has 26 heavy (non-hydrogen) atoms. The standard InChI is InChI=1S/C23H35BrO2/c1-22(26)7-5-15-13(11-22)3-4-17-16(15)6-8-23(2)19(20(25)12-24)10-14-9-18(14)21(17)23/h13-19,21,26H,3-12H2,1-2H3/t13-,14-,15+,16-,17-,18-,19-,21-,22-,23-/m1/s1. The Hall–Kier alpha value is 0.110. The van der Waals surface area contributed by atoms with Crippen LogP contribution in [0.15, 0.2) is 0 Å². The van der Waals surface area contributed by atoms with Gasteiger partial charge in [0.1, 0.15) is 5.78 Å². The molecule has 5 saturated carbocycles. The Bertz CT molecular complexity index is 601. The Labute approximate surface area is 167 Å². The largest absolute Gasteiger partial charge is 0.390 e. The van der Waals surface area contributed by atoms with Gasteiger partial charge >= 0.3 is 0 Å². The van der Waals surface area contributed by atoms with Gasteiger partial charge in [-0.15, -0.1) is 0 Å². The van der Waals surface area contributed by atoms with Crippen LogP contribution in [0.1, 0.15) is 71.6 Å². The smallest absolute Gasteiger partial charge is 0.147 e. The minimum Gasteiger partial charge on any atom is -0.390 e. The maximum Gasteiger partial charge on any atom is 0.147 e. The normalized spacial score (nSPS) is 58.0. The number of aliphatic hydroxyl groups is 1. The van der Waals surface area contributed by atoms with E-state index in [1.807, 2.05) is 0 Å². The summed E-state index contributed by atoms with van der Waals surface area (Å²) in [7, 11) is 0. The van der Waals surface area contributed by atoms with Crippen LogP contribution < -0.4 is 0 Å². The first kappa shape index (κ1) is 18.2. The Morgan fingerprint density at radius 1 is 0.962 bits per heavy atom. The maximum atomic E-state index is 12.8. The molecule has 1 N–H and O–H groups in total. The summed E-state index contributed by atoms with van der Waals surface area (Å²) in [5.41, 5.74) is -0.159. The Morgan fingerprint density at radius 3 is 2.50 bits per heavy atom. The van der Waals surface area contributed by atoms with Gasteiger partial charge in [-0.25, -0.2) is 0 Å². The van der Waals surface area contributed by atoms with E-state index in [2.05, 4.69) is 29.8 Å². The van der Waals surface area contributed by atoms with Crippen molar-refractivity contribution in [3.63, 3.8) is 0 Å². The van der Waals surface area contributed by atoms with Crippen LogP contribution in [0.3, 0.4) is 0 Å². The first-order chi connectivity index (χ1) is 12.3. The van der Waals surface area contributed by atoms with Crippen molar-refractivity contribution in [3.05, 3.63) is 0 Å². The topological polar surface area (TPSA) is 37.3 Å². The first-order valence-electron chi connectivity index (χ1n) is 11.1. The lowest BCUT2D eigenvalue weighted by molar-refractivity contribution is -0.148. The molecule has 2 nitrogen and oxygen atoms in total. The number of halogens is 1. The average Bonchev–Trinajstić information content (AvgIpc) is 3.37. The van der Waals surface area contributed by atoms with Gasteiger partial charge in [-0.2, -0.15) is 0 Å². The molecule has 146 valence electrons. The van der Waals surface area contributed by atoms with E-state index in [4.69, 9.17) is 0 Å². The number of carbonyl (C=O) groups is 1. The molecular weight excluding hydrogens is 388 g/mol. The van der Waals surface area contributed by atoms with Gasteiger partial charge in [0.2, 0.25) is 0 Å². The Balaban J connectivity index is 1.43. The minimum absolute atomic E-state index is 0.261. The molecular formula is C23H35BrO2. The number of rotatable bonds is 2. The van der Waals surface area contributed by atoms with Crippen LogP contribution in [0.25, 0.3) is 0 Å². The summed E-state index contributed by atoms with van der Waals surface area (Å²) in [6.45, 7) is 4.55. The van der Waals surface area contributed by atoms with E-state index in [9.17, 15) is 9.90 Å². The zero-order chi connectivity index (χ0) is 18.3. The fourth-order valence-corrected chi connectivity index (χ4v) is 9.11. The van der Waals surface area contributed by atoms with Gasteiger partial charge < -0.3 is 5.11 Å². The Morgan fingerprint density at radius 2 is 1.73 bits per heavy atom. The summed E-state index contributed by atoms with van der Waals surface area (Å²) in [5, 5.41) is 11.1. The van der Waals surface area contributed by atoms with Crippen molar-refractivity contribution in [2.45, 2.75) is 77.2 Å². The van der Waals surface area contributed by atoms with Crippen molar-refractivity contribution in [2.75, 3.05) is 5.33 Å². The number of carbonyl (C=O) groups excluding carboxylic acids is 1. The molecule has 10 atom stereocenters. The van der Waals surface area contributed by atoms with Crippen LogP contribution in [0.5, 0.6) is 0 Å². The SMILES string of the molecule is C[C@@]1(O)CC[C@H]2[C@H](CC[C@@H]3[C@@H]2CC[C@@]2(C)[C@H]3[C@@H]3C[C@@H]3C[C@@H]2C(=O)CBr)C1. The zero-order valence-electron chi connectivity index (χ0n) is 16.4. The number of hydrogen-bond donors (Lipinski definition) is 1. The fraction of sp³-hybridized carbons (Fsp3) is 0.957. The van der Waals surface area contributed by atoms with Crippen LogP contribution in [-0.4, -0.2) is 21.8 Å². The van der Waals surface area contributed by atoms with Gasteiger partial charge in [-0.3, -0.25) is 4.79 Å². The highest BCUT2D eigenvalue weighted by atomic mass is 79.9. The van der Waals surface area contributed by atoms with Gasteiger partial charge in [0.05, 0.1) is 10.9 Å². The molecule has 0 aromatic heterocycles.